The van der Waals surface area contributed by atoms with Gasteiger partial charge in [-0.15, -0.1) is 24.8 Å². The fraction of sp³-hybridized carbons (Fsp3) is 0.231. The van der Waals surface area contributed by atoms with Crippen LogP contribution in [0.4, 0.5) is 0 Å². The number of aromatic amines is 1. The van der Waals surface area contributed by atoms with E-state index in [0.29, 0.717) is 25.2 Å². The molecule has 0 aliphatic rings. The molecule has 116 valence electrons. The molecule has 0 unspecified atom stereocenters. The zero-order chi connectivity index (χ0) is 13.8. The van der Waals surface area contributed by atoms with E-state index in [9.17, 15) is 4.79 Å². The van der Waals surface area contributed by atoms with Crippen LogP contribution in [-0.2, 0) is 0 Å². The largest absolute Gasteiger partial charge is 0.370 e. The Morgan fingerprint density at radius 3 is 2.52 bits per heavy atom. The number of carbonyl (C=O) groups is 1. The molecule has 6 N–H and O–H groups in total. The fourth-order valence-corrected chi connectivity index (χ4v) is 1.91. The Bertz CT molecular complexity index is 580. The van der Waals surface area contributed by atoms with Gasteiger partial charge in [0, 0.05) is 17.4 Å². The Labute approximate surface area is 135 Å². The van der Waals surface area contributed by atoms with E-state index in [1.807, 2.05) is 24.3 Å². The van der Waals surface area contributed by atoms with Gasteiger partial charge in [0.1, 0.15) is 5.69 Å². The van der Waals surface area contributed by atoms with Crippen molar-refractivity contribution in [3.63, 3.8) is 0 Å². The van der Waals surface area contributed by atoms with Crippen molar-refractivity contribution in [2.75, 3.05) is 13.1 Å². The SMILES string of the molecule is Cl.Cl.N=C(N)N(CCCN)C(=O)c1cc2ccccc2[nH]1. The molecule has 0 atom stereocenters. The van der Waals surface area contributed by atoms with Gasteiger partial charge in [-0.25, -0.2) is 0 Å². The molecule has 1 aromatic heterocycles. The Kier molecular flexibility index (Phi) is 7.80. The summed E-state index contributed by atoms with van der Waals surface area (Å²) in [4.78, 5) is 16.5. The number of nitrogens with one attached hydrogen (secondary N) is 2. The van der Waals surface area contributed by atoms with Crippen molar-refractivity contribution in [2.45, 2.75) is 6.42 Å². The Hall–Kier alpha value is -1.76. The minimum Gasteiger partial charge on any atom is -0.370 e. The summed E-state index contributed by atoms with van der Waals surface area (Å²) >= 11 is 0. The van der Waals surface area contributed by atoms with Crippen LogP contribution in [0.25, 0.3) is 10.9 Å². The lowest BCUT2D eigenvalue weighted by Gasteiger charge is -2.19. The summed E-state index contributed by atoms with van der Waals surface area (Å²) in [5.74, 6) is -0.575. The second-order valence-electron chi connectivity index (χ2n) is 4.25. The van der Waals surface area contributed by atoms with Crippen LogP contribution < -0.4 is 11.5 Å². The van der Waals surface area contributed by atoms with E-state index in [-0.39, 0.29) is 36.7 Å². The Morgan fingerprint density at radius 1 is 1.29 bits per heavy atom. The van der Waals surface area contributed by atoms with Crippen molar-refractivity contribution in [2.24, 2.45) is 11.5 Å². The Morgan fingerprint density at radius 2 is 1.95 bits per heavy atom. The first kappa shape index (κ1) is 19.2. The number of fused-ring (bicyclic) bond motifs is 1. The lowest BCUT2D eigenvalue weighted by atomic mass is 10.2. The minimum atomic E-state index is -0.308. The predicted molar refractivity (Wildman–Crippen MR) is 89.4 cm³/mol. The highest BCUT2D eigenvalue weighted by atomic mass is 35.5. The maximum atomic E-state index is 12.3. The fourth-order valence-electron chi connectivity index (χ4n) is 1.91. The van der Waals surface area contributed by atoms with E-state index in [4.69, 9.17) is 16.9 Å². The van der Waals surface area contributed by atoms with Crippen LogP contribution in [0.15, 0.2) is 30.3 Å². The standard InChI is InChI=1S/C13H17N5O.2ClH/c14-6-3-7-18(13(15)16)12(19)11-8-9-4-1-2-5-10(9)17-11;;/h1-2,4-5,8,17H,3,6-7,14H2,(H3,15,16);2*1H. The normalized spacial score (nSPS) is 9.57. The van der Waals surface area contributed by atoms with E-state index < -0.39 is 0 Å². The summed E-state index contributed by atoms with van der Waals surface area (Å²) in [5.41, 5.74) is 12.2. The number of nitrogens with two attached hydrogens (primary N) is 2. The molecular weight excluding hydrogens is 313 g/mol. The van der Waals surface area contributed by atoms with Crippen LogP contribution in [0, 0.1) is 5.41 Å². The van der Waals surface area contributed by atoms with Crippen molar-refractivity contribution >= 4 is 47.6 Å². The maximum absolute atomic E-state index is 12.3. The van der Waals surface area contributed by atoms with Crippen LogP contribution in [0.2, 0.25) is 0 Å². The van der Waals surface area contributed by atoms with Gasteiger partial charge in [0.25, 0.3) is 5.91 Å². The smallest absolute Gasteiger partial charge is 0.276 e. The van der Waals surface area contributed by atoms with E-state index >= 15 is 0 Å². The van der Waals surface area contributed by atoms with Crippen molar-refractivity contribution in [3.05, 3.63) is 36.0 Å². The van der Waals surface area contributed by atoms with E-state index in [2.05, 4.69) is 4.98 Å². The average molecular weight is 332 g/mol. The number of benzene rings is 1. The number of H-pyrrole nitrogens is 1. The molecule has 0 spiro atoms. The molecular formula is C13H19Cl2N5O. The highest BCUT2D eigenvalue weighted by molar-refractivity contribution is 6.05. The molecule has 0 bridgehead atoms. The molecule has 1 heterocycles. The zero-order valence-corrected chi connectivity index (χ0v) is 13.0. The summed E-state index contributed by atoms with van der Waals surface area (Å²) in [6.07, 6.45) is 0.603. The van der Waals surface area contributed by atoms with Gasteiger partial charge < -0.3 is 16.5 Å². The van der Waals surface area contributed by atoms with Gasteiger partial charge in [-0.1, -0.05) is 18.2 Å². The van der Waals surface area contributed by atoms with Gasteiger partial charge in [-0.2, -0.15) is 0 Å². The molecule has 0 radical (unpaired) electrons. The van der Waals surface area contributed by atoms with Crippen LogP contribution in [-0.4, -0.2) is 34.8 Å². The third-order valence-electron chi connectivity index (χ3n) is 2.88. The third-order valence-corrected chi connectivity index (χ3v) is 2.88. The zero-order valence-electron chi connectivity index (χ0n) is 11.3. The molecule has 8 heteroatoms. The molecule has 0 saturated heterocycles. The molecule has 1 amide bonds. The lowest BCUT2D eigenvalue weighted by molar-refractivity contribution is 0.0839. The average Bonchev–Trinajstić information content (AvgIpc) is 2.82. The second kappa shape index (κ2) is 8.51. The molecule has 1 aromatic carbocycles. The molecule has 0 saturated carbocycles. The van der Waals surface area contributed by atoms with Gasteiger partial charge >= 0.3 is 0 Å². The molecule has 6 nitrogen and oxygen atoms in total. The number of guanidine groups is 1. The van der Waals surface area contributed by atoms with Crippen LogP contribution in [0.1, 0.15) is 16.9 Å². The topological polar surface area (TPSA) is 112 Å². The summed E-state index contributed by atoms with van der Waals surface area (Å²) in [6, 6.07) is 9.37. The summed E-state index contributed by atoms with van der Waals surface area (Å²) < 4.78 is 0. The van der Waals surface area contributed by atoms with Crippen molar-refractivity contribution in [3.8, 4) is 0 Å². The van der Waals surface area contributed by atoms with E-state index in [0.717, 1.165) is 10.9 Å². The summed E-state index contributed by atoms with van der Waals surface area (Å²) in [6.45, 7) is 0.795. The molecule has 2 rings (SSSR count). The molecule has 21 heavy (non-hydrogen) atoms. The number of nitrogens with zero attached hydrogens (tertiary/aromatic N) is 1. The number of hydrogen-bond acceptors (Lipinski definition) is 3. The monoisotopic (exact) mass is 331 g/mol. The number of halogens is 2. The number of rotatable bonds is 4. The summed E-state index contributed by atoms with van der Waals surface area (Å²) in [5, 5.41) is 8.42. The van der Waals surface area contributed by atoms with Gasteiger partial charge in [0.2, 0.25) is 0 Å². The van der Waals surface area contributed by atoms with Gasteiger partial charge in [0.05, 0.1) is 0 Å². The van der Waals surface area contributed by atoms with Crippen LogP contribution >= 0.6 is 24.8 Å². The minimum absolute atomic E-state index is 0. The number of carbonyl (C=O) groups excluding carboxylic acids is 1. The number of para-hydroxylation sites is 1. The lowest BCUT2D eigenvalue weighted by Crippen LogP contribution is -2.42. The molecule has 0 aliphatic heterocycles. The quantitative estimate of drug-likeness (QED) is 0.505. The van der Waals surface area contributed by atoms with Gasteiger partial charge in [0.15, 0.2) is 5.96 Å². The molecule has 0 aliphatic carbocycles. The van der Waals surface area contributed by atoms with Crippen LogP contribution in [0.3, 0.4) is 0 Å². The molecule has 2 aromatic rings. The van der Waals surface area contributed by atoms with E-state index in [1.165, 1.54) is 4.90 Å². The first-order valence-corrected chi connectivity index (χ1v) is 6.07. The second-order valence-corrected chi connectivity index (χ2v) is 4.25. The highest BCUT2D eigenvalue weighted by Crippen LogP contribution is 2.16. The van der Waals surface area contributed by atoms with Crippen molar-refractivity contribution in [1.29, 1.82) is 5.41 Å². The number of aromatic nitrogens is 1. The first-order chi connectivity index (χ1) is 9.13. The highest BCUT2D eigenvalue weighted by Gasteiger charge is 2.19. The number of amides is 1. The van der Waals surface area contributed by atoms with Crippen LogP contribution in [0.5, 0.6) is 0 Å². The van der Waals surface area contributed by atoms with E-state index in [1.54, 1.807) is 6.07 Å². The predicted octanol–water partition coefficient (Wildman–Crippen LogP) is 1.70. The Balaban J connectivity index is 0.00000200. The van der Waals surface area contributed by atoms with Crippen molar-refractivity contribution < 1.29 is 4.79 Å². The maximum Gasteiger partial charge on any atom is 0.276 e. The third kappa shape index (κ3) is 4.35. The molecule has 0 fully saturated rings. The van der Waals surface area contributed by atoms with Gasteiger partial charge in [-0.3, -0.25) is 15.1 Å². The number of hydrogen-bond donors (Lipinski definition) is 4. The summed E-state index contributed by atoms with van der Waals surface area (Å²) in [7, 11) is 0. The van der Waals surface area contributed by atoms with Gasteiger partial charge in [-0.05, 0) is 25.1 Å². The van der Waals surface area contributed by atoms with Crippen molar-refractivity contribution in [1.82, 2.24) is 9.88 Å². The first-order valence-electron chi connectivity index (χ1n) is 6.07.